The average Bonchev–Trinajstić information content (AvgIpc) is 3.52. The third-order valence-electron chi connectivity index (χ3n) is 6.43. The second-order valence-corrected chi connectivity index (χ2v) is 10.6. The predicted octanol–water partition coefficient (Wildman–Crippen LogP) is 6.40. The first-order valence-electron chi connectivity index (χ1n) is 12.8. The third-order valence-corrected chi connectivity index (χ3v) is 7.81. The lowest BCUT2D eigenvalue weighted by atomic mass is 10.1. The van der Waals surface area contributed by atoms with Crippen molar-refractivity contribution in [3.05, 3.63) is 95.0 Å². The second-order valence-electron chi connectivity index (χ2n) is 8.94. The van der Waals surface area contributed by atoms with Crippen LogP contribution in [0.4, 0.5) is 0 Å². The van der Waals surface area contributed by atoms with Gasteiger partial charge in [0.15, 0.2) is 11.5 Å². The van der Waals surface area contributed by atoms with Gasteiger partial charge in [-0.3, -0.25) is 9.69 Å². The molecule has 1 aromatic heterocycles. The number of benzene rings is 3. The van der Waals surface area contributed by atoms with E-state index in [1.54, 1.807) is 19.1 Å². The lowest BCUT2D eigenvalue weighted by Gasteiger charge is -2.15. The standard InChI is InChI=1S/C31H29N3O4S2/c1-4-38-25-13-11-22(12-14-25)29-23(20-34(32-29)24-8-6-5-7-9-24)19-28-30(35)33(31(39)40-28)17-16-21-10-15-26(36-2)27(18-21)37-3/h5-15,18-20H,4,16-17H2,1-3H3. The quantitative estimate of drug-likeness (QED) is 0.161. The molecular formula is C31H29N3O4S2. The van der Waals surface area contributed by atoms with Gasteiger partial charge in [0.05, 0.1) is 37.1 Å². The minimum atomic E-state index is -0.111. The highest BCUT2D eigenvalue weighted by Gasteiger charge is 2.32. The number of methoxy groups -OCH3 is 2. The Hall–Kier alpha value is -4.08. The van der Waals surface area contributed by atoms with Crippen molar-refractivity contribution in [2.75, 3.05) is 27.4 Å². The Balaban J connectivity index is 1.42. The van der Waals surface area contributed by atoms with Crippen molar-refractivity contribution in [2.45, 2.75) is 13.3 Å². The molecule has 1 saturated heterocycles. The number of para-hydroxylation sites is 1. The van der Waals surface area contributed by atoms with E-state index in [1.807, 2.05) is 96.7 Å². The number of thioether (sulfide) groups is 1. The molecule has 2 heterocycles. The number of nitrogens with zero attached hydrogens (tertiary/aromatic N) is 3. The molecule has 0 bridgehead atoms. The lowest BCUT2D eigenvalue weighted by Crippen LogP contribution is -2.30. The second kappa shape index (κ2) is 12.4. The zero-order valence-electron chi connectivity index (χ0n) is 22.5. The molecule has 1 aliphatic rings. The van der Waals surface area contributed by atoms with Crippen LogP contribution in [0.3, 0.4) is 0 Å². The van der Waals surface area contributed by atoms with Crippen molar-refractivity contribution in [3.8, 4) is 34.2 Å². The number of carbonyl (C=O) groups is 1. The maximum atomic E-state index is 13.5. The summed E-state index contributed by atoms with van der Waals surface area (Å²) in [5, 5.41) is 4.88. The van der Waals surface area contributed by atoms with Crippen molar-refractivity contribution in [3.63, 3.8) is 0 Å². The number of amides is 1. The number of hydrogen-bond acceptors (Lipinski definition) is 7. The summed E-state index contributed by atoms with van der Waals surface area (Å²) in [6, 6.07) is 23.5. The number of hydrogen-bond donors (Lipinski definition) is 0. The topological polar surface area (TPSA) is 65.8 Å². The van der Waals surface area contributed by atoms with Gasteiger partial charge in [0.2, 0.25) is 0 Å². The molecule has 3 aromatic carbocycles. The summed E-state index contributed by atoms with van der Waals surface area (Å²) >= 11 is 6.92. The number of carbonyl (C=O) groups excluding carboxylic acids is 1. The van der Waals surface area contributed by atoms with E-state index in [2.05, 4.69) is 0 Å². The van der Waals surface area contributed by atoms with Crippen LogP contribution < -0.4 is 14.2 Å². The normalized spacial score (nSPS) is 14.2. The Bertz CT molecular complexity index is 1550. The number of rotatable bonds is 10. The summed E-state index contributed by atoms with van der Waals surface area (Å²) in [7, 11) is 3.21. The Morgan fingerprint density at radius 3 is 2.42 bits per heavy atom. The first-order valence-corrected chi connectivity index (χ1v) is 14.1. The van der Waals surface area contributed by atoms with Crippen LogP contribution in [-0.2, 0) is 11.2 Å². The van der Waals surface area contributed by atoms with Gasteiger partial charge in [-0.1, -0.05) is 48.2 Å². The summed E-state index contributed by atoms with van der Waals surface area (Å²) in [6.07, 6.45) is 4.45. The van der Waals surface area contributed by atoms with E-state index in [-0.39, 0.29) is 5.91 Å². The van der Waals surface area contributed by atoms with Crippen molar-refractivity contribution in [1.82, 2.24) is 14.7 Å². The van der Waals surface area contributed by atoms with Crippen LogP contribution in [0.2, 0.25) is 0 Å². The molecule has 1 fully saturated rings. The van der Waals surface area contributed by atoms with Crippen molar-refractivity contribution >= 4 is 40.3 Å². The van der Waals surface area contributed by atoms with Crippen molar-refractivity contribution in [2.24, 2.45) is 0 Å². The fourth-order valence-corrected chi connectivity index (χ4v) is 5.72. The number of aromatic nitrogens is 2. The summed E-state index contributed by atoms with van der Waals surface area (Å²) in [4.78, 5) is 15.7. The van der Waals surface area contributed by atoms with E-state index < -0.39 is 0 Å². The first-order chi connectivity index (χ1) is 19.5. The van der Waals surface area contributed by atoms with E-state index in [9.17, 15) is 4.79 Å². The smallest absolute Gasteiger partial charge is 0.266 e. The summed E-state index contributed by atoms with van der Waals surface area (Å²) in [5.74, 6) is 2.01. The van der Waals surface area contributed by atoms with Crippen LogP contribution in [0.1, 0.15) is 18.1 Å². The summed E-state index contributed by atoms with van der Waals surface area (Å²) < 4.78 is 18.7. The monoisotopic (exact) mass is 571 g/mol. The summed E-state index contributed by atoms with van der Waals surface area (Å²) in [6.45, 7) is 3.02. The van der Waals surface area contributed by atoms with Crippen LogP contribution in [0, 0.1) is 0 Å². The zero-order valence-corrected chi connectivity index (χ0v) is 24.1. The first kappa shape index (κ1) is 27.5. The van der Waals surface area contributed by atoms with Gasteiger partial charge in [-0.15, -0.1) is 0 Å². The Morgan fingerprint density at radius 1 is 0.975 bits per heavy atom. The molecule has 0 N–H and O–H groups in total. The molecule has 0 spiro atoms. The molecule has 40 heavy (non-hydrogen) atoms. The minimum absolute atomic E-state index is 0.111. The van der Waals surface area contributed by atoms with Gasteiger partial charge in [0, 0.05) is 23.9 Å². The predicted molar refractivity (Wildman–Crippen MR) is 163 cm³/mol. The van der Waals surface area contributed by atoms with Crippen molar-refractivity contribution < 1.29 is 19.0 Å². The van der Waals surface area contributed by atoms with Gasteiger partial charge in [-0.25, -0.2) is 4.68 Å². The Labute approximate surface area is 243 Å². The van der Waals surface area contributed by atoms with Gasteiger partial charge >= 0.3 is 0 Å². The van der Waals surface area contributed by atoms with Crippen LogP contribution in [0.5, 0.6) is 17.2 Å². The third kappa shape index (κ3) is 5.90. The van der Waals surface area contributed by atoms with E-state index in [0.29, 0.717) is 40.3 Å². The van der Waals surface area contributed by atoms with Gasteiger partial charge < -0.3 is 14.2 Å². The van der Waals surface area contributed by atoms with Gasteiger partial charge in [0.25, 0.3) is 5.91 Å². The maximum Gasteiger partial charge on any atom is 0.266 e. The van der Waals surface area contributed by atoms with Crippen LogP contribution in [0.15, 0.2) is 83.9 Å². The largest absolute Gasteiger partial charge is 0.494 e. The molecule has 1 amide bonds. The van der Waals surface area contributed by atoms with Gasteiger partial charge in [-0.2, -0.15) is 5.10 Å². The zero-order chi connectivity index (χ0) is 28.1. The number of thiocarbonyl (C=S) groups is 1. The van der Waals surface area contributed by atoms with E-state index in [1.165, 1.54) is 11.8 Å². The average molecular weight is 572 g/mol. The highest BCUT2D eigenvalue weighted by Crippen LogP contribution is 2.36. The van der Waals surface area contributed by atoms with Gasteiger partial charge in [0.1, 0.15) is 10.1 Å². The van der Waals surface area contributed by atoms with Crippen LogP contribution >= 0.6 is 24.0 Å². The molecule has 1 aliphatic heterocycles. The van der Waals surface area contributed by atoms with E-state index in [4.69, 9.17) is 31.5 Å². The molecule has 0 radical (unpaired) electrons. The molecule has 0 unspecified atom stereocenters. The highest BCUT2D eigenvalue weighted by molar-refractivity contribution is 8.26. The lowest BCUT2D eigenvalue weighted by molar-refractivity contribution is -0.122. The Kier molecular flexibility index (Phi) is 8.52. The number of ether oxygens (including phenoxy) is 3. The Morgan fingerprint density at radius 2 is 1.73 bits per heavy atom. The van der Waals surface area contributed by atoms with E-state index in [0.717, 1.165) is 33.8 Å². The molecule has 5 rings (SSSR count). The fraction of sp³-hybridized carbons (Fsp3) is 0.194. The fourth-order valence-electron chi connectivity index (χ4n) is 4.42. The van der Waals surface area contributed by atoms with Crippen molar-refractivity contribution in [1.29, 1.82) is 0 Å². The summed E-state index contributed by atoms with van der Waals surface area (Å²) in [5.41, 5.74) is 4.47. The van der Waals surface area contributed by atoms with Crippen LogP contribution in [-0.4, -0.2) is 52.3 Å². The SMILES string of the molecule is CCOc1ccc(-c2nn(-c3ccccc3)cc2C=C2SC(=S)N(CCc3ccc(OC)c(OC)c3)C2=O)cc1. The molecular weight excluding hydrogens is 542 g/mol. The minimum Gasteiger partial charge on any atom is -0.494 e. The highest BCUT2D eigenvalue weighted by atomic mass is 32.2. The molecule has 4 aromatic rings. The van der Waals surface area contributed by atoms with E-state index >= 15 is 0 Å². The van der Waals surface area contributed by atoms with Crippen LogP contribution in [0.25, 0.3) is 23.0 Å². The van der Waals surface area contributed by atoms with Gasteiger partial charge in [-0.05, 0) is 73.5 Å². The molecule has 9 heteroatoms. The molecule has 0 saturated carbocycles. The molecule has 0 aliphatic carbocycles. The molecule has 204 valence electrons. The molecule has 0 atom stereocenters. The molecule has 7 nitrogen and oxygen atoms in total. The maximum absolute atomic E-state index is 13.5.